The molecule has 0 amide bonds. The second-order valence-electron chi connectivity index (χ2n) is 5.45. The lowest BCUT2D eigenvalue weighted by molar-refractivity contribution is -0.638. The van der Waals surface area contributed by atoms with Gasteiger partial charge in [0.05, 0.1) is 11.3 Å². The van der Waals surface area contributed by atoms with Crippen LogP contribution < -0.4 is 15.0 Å². The Morgan fingerprint density at radius 3 is 2.30 bits per heavy atom. The van der Waals surface area contributed by atoms with E-state index in [9.17, 15) is 5.11 Å². The van der Waals surface area contributed by atoms with Crippen LogP contribution in [0.2, 0.25) is 0 Å². The smallest absolute Gasteiger partial charge is 0.256 e. The third-order valence-electron chi connectivity index (χ3n) is 3.92. The van der Waals surface area contributed by atoms with Crippen molar-refractivity contribution in [3.8, 4) is 11.3 Å². The molecule has 0 atom stereocenters. The molecule has 2 aromatic heterocycles. The normalized spacial score (nSPS) is 12.6. The van der Waals surface area contributed by atoms with Crippen molar-refractivity contribution in [1.82, 2.24) is 9.73 Å². The van der Waals surface area contributed by atoms with E-state index in [0.29, 0.717) is 16.6 Å². The minimum Gasteiger partial charge on any atom is -0.869 e. The molecule has 2 heterocycles. The molecule has 112 valence electrons. The number of aromatic nitrogens is 3. The Morgan fingerprint density at radius 2 is 1.61 bits per heavy atom. The average Bonchev–Trinajstić information content (AvgIpc) is 3.16. The predicted molar refractivity (Wildman–Crippen MR) is 85.2 cm³/mol. The van der Waals surface area contributed by atoms with Gasteiger partial charge in [-0.3, -0.25) is 0 Å². The standard InChI is InChI=1S/C19H15N3O/c1-14-12-13-21-20-17(15-8-4-2-5-9-15)18(22(14)21)19(23)16-10-6-3-7-11-16/h2-13H,1H3. The molecule has 0 aliphatic carbocycles. The summed E-state index contributed by atoms with van der Waals surface area (Å²) in [6, 6.07) is 21.1. The van der Waals surface area contributed by atoms with Gasteiger partial charge in [0, 0.05) is 18.6 Å². The summed E-state index contributed by atoms with van der Waals surface area (Å²) >= 11 is 0. The van der Waals surface area contributed by atoms with Crippen molar-refractivity contribution in [2.24, 2.45) is 0 Å². The molecule has 0 spiro atoms. The van der Waals surface area contributed by atoms with Gasteiger partial charge >= 0.3 is 0 Å². The zero-order chi connectivity index (χ0) is 15.8. The van der Waals surface area contributed by atoms with E-state index < -0.39 is 0 Å². The Balaban J connectivity index is 2.14. The van der Waals surface area contributed by atoms with Gasteiger partial charge in [-0.15, -0.1) is 4.52 Å². The van der Waals surface area contributed by atoms with Crippen LogP contribution in [0.15, 0.2) is 72.9 Å². The zero-order valence-corrected chi connectivity index (χ0v) is 12.7. The fourth-order valence-electron chi connectivity index (χ4n) is 2.80. The van der Waals surface area contributed by atoms with Gasteiger partial charge in [0.1, 0.15) is 5.69 Å². The molecule has 4 heteroatoms. The van der Waals surface area contributed by atoms with E-state index in [1.807, 2.05) is 84.4 Å². The van der Waals surface area contributed by atoms with Crippen LogP contribution >= 0.6 is 0 Å². The fraction of sp³-hybridized carbons (Fsp3) is 0.0526. The third kappa shape index (κ3) is 2.16. The number of aryl methyl sites for hydroxylation is 1. The van der Waals surface area contributed by atoms with Crippen molar-refractivity contribution in [3.05, 3.63) is 89.5 Å². The summed E-state index contributed by atoms with van der Waals surface area (Å²) in [6.45, 7) is 1.97. The first-order chi connectivity index (χ1) is 11.3. The molecule has 23 heavy (non-hydrogen) atoms. The number of benzene rings is 2. The van der Waals surface area contributed by atoms with Gasteiger partial charge in [-0.1, -0.05) is 60.7 Å². The number of hydrogen-bond acceptors (Lipinski definition) is 2. The zero-order valence-electron chi connectivity index (χ0n) is 12.7. The van der Waals surface area contributed by atoms with E-state index in [4.69, 9.17) is 0 Å². The number of hydrogen-bond donors (Lipinski definition) is 0. The van der Waals surface area contributed by atoms with Crippen LogP contribution in [-0.4, -0.2) is 9.73 Å². The van der Waals surface area contributed by atoms with Crippen molar-refractivity contribution in [3.63, 3.8) is 0 Å². The molecule has 2 aromatic carbocycles. The van der Waals surface area contributed by atoms with E-state index in [-0.39, 0.29) is 5.76 Å². The van der Waals surface area contributed by atoms with Gasteiger partial charge in [0.2, 0.25) is 5.35 Å². The molecule has 0 saturated carbocycles. The molecule has 4 nitrogen and oxygen atoms in total. The molecule has 0 aliphatic rings. The second-order valence-corrected chi connectivity index (χ2v) is 5.45. The van der Waals surface area contributed by atoms with Gasteiger partial charge < -0.3 is 5.11 Å². The first kappa shape index (κ1) is 13.5. The summed E-state index contributed by atoms with van der Waals surface area (Å²) in [4.78, 5) is 0. The van der Waals surface area contributed by atoms with Crippen molar-refractivity contribution in [1.29, 1.82) is 0 Å². The Morgan fingerprint density at radius 1 is 0.957 bits per heavy atom. The van der Waals surface area contributed by atoms with Gasteiger partial charge in [0.25, 0.3) is 5.69 Å². The Labute approximate surface area is 133 Å². The van der Waals surface area contributed by atoms with Crippen molar-refractivity contribution in [2.45, 2.75) is 6.92 Å². The highest BCUT2D eigenvalue weighted by atomic mass is 16.3. The molecule has 0 saturated heterocycles. The molecule has 4 rings (SSSR count). The lowest BCUT2D eigenvalue weighted by Crippen LogP contribution is -2.46. The van der Waals surface area contributed by atoms with Crippen LogP contribution in [0.25, 0.3) is 17.0 Å². The summed E-state index contributed by atoms with van der Waals surface area (Å²) in [7, 11) is 0. The summed E-state index contributed by atoms with van der Waals surface area (Å²) in [5.74, 6) is -0.0289. The van der Waals surface area contributed by atoms with E-state index in [1.54, 1.807) is 4.63 Å². The molecule has 0 bridgehead atoms. The maximum atomic E-state index is 13.1. The van der Waals surface area contributed by atoms with Crippen LogP contribution in [0.3, 0.4) is 0 Å². The van der Waals surface area contributed by atoms with Crippen LogP contribution in [-0.2, 0) is 0 Å². The number of rotatable bonds is 2. The van der Waals surface area contributed by atoms with Gasteiger partial charge in [-0.25, -0.2) is 0 Å². The molecule has 4 aromatic rings. The SMILES string of the molecule is Cc1ccn2nc(-c3ccccc3)/c(=C(\[O-])c3ccccc3)[n+]12. The van der Waals surface area contributed by atoms with Gasteiger partial charge in [0.15, 0.2) is 0 Å². The van der Waals surface area contributed by atoms with Crippen LogP contribution in [0.5, 0.6) is 0 Å². The molecule has 0 aliphatic heterocycles. The Hall–Kier alpha value is -3.14. The maximum Gasteiger partial charge on any atom is 0.256 e. The van der Waals surface area contributed by atoms with E-state index in [0.717, 1.165) is 11.3 Å². The predicted octanol–water partition coefficient (Wildman–Crippen LogP) is 1.13. The van der Waals surface area contributed by atoms with E-state index in [1.165, 1.54) is 0 Å². The highest BCUT2D eigenvalue weighted by Gasteiger charge is 2.21. The molecular formula is C19H15N3O. The van der Waals surface area contributed by atoms with Gasteiger partial charge in [-0.05, 0) is 16.0 Å². The quantitative estimate of drug-likeness (QED) is 0.521. The summed E-state index contributed by atoms with van der Waals surface area (Å²) in [5.41, 5.74) is 3.26. The van der Waals surface area contributed by atoms with Gasteiger partial charge in [-0.2, -0.15) is 0 Å². The van der Waals surface area contributed by atoms with Crippen molar-refractivity contribution < 1.29 is 9.62 Å². The number of fused-ring (bicyclic) bond motifs is 1. The third-order valence-corrected chi connectivity index (χ3v) is 3.92. The minimum absolute atomic E-state index is 0.0289. The van der Waals surface area contributed by atoms with E-state index in [2.05, 4.69) is 5.10 Å². The summed E-state index contributed by atoms with van der Waals surface area (Å²) < 4.78 is 3.57. The Kier molecular flexibility index (Phi) is 3.08. The first-order valence-electron chi connectivity index (χ1n) is 7.48. The Bertz CT molecular complexity index is 1020. The van der Waals surface area contributed by atoms with Crippen LogP contribution in [0.1, 0.15) is 11.3 Å². The van der Waals surface area contributed by atoms with Crippen LogP contribution in [0, 0.1) is 6.92 Å². The van der Waals surface area contributed by atoms with Crippen molar-refractivity contribution >= 4 is 5.76 Å². The molecule has 0 fully saturated rings. The summed E-state index contributed by atoms with van der Waals surface area (Å²) in [5, 5.41) is 18.3. The fourth-order valence-corrected chi connectivity index (χ4v) is 2.80. The monoisotopic (exact) mass is 301 g/mol. The van der Waals surface area contributed by atoms with E-state index >= 15 is 0 Å². The van der Waals surface area contributed by atoms with Crippen LogP contribution in [0.4, 0.5) is 0 Å². The molecule has 0 unspecified atom stereocenters. The number of nitrogens with zero attached hydrogens (tertiary/aromatic N) is 3. The molecule has 0 N–H and O–H groups in total. The first-order valence-corrected chi connectivity index (χ1v) is 7.48. The molecule has 0 radical (unpaired) electrons. The molecular weight excluding hydrogens is 286 g/mol. The minimum atomic E-state index is -0.0289. The highest BCUT2D eigenvalue weighted by Crippen LogP contribution is 2.13. The lowest BCUT2D eigenvalue weighted by Gasteiger charge is -2.09. The maximum absolute atomic E-state index is 13.1. The highest BCUT2D eigenvalue weighted by molar-refractivity contribution is 5.64. The largest absolute Gasteiger partial charge is 0.869 e. The summed E-state index contributed by atoms with van der Waals surface area (Å²) in [6.07, 6.45) is 1.86. The lowest BCUT2D eigenvalue weighted by atomic mass is 10.1. The topological polar surface area (TPSA) is 44.5 Å². The second kappa shape index (κ2) is 5.25. The van der Waals surface area contributed by atoms with Crippen molar-refractivity contribution in [2.75, 3.05) is 0 Å². The average molecular weight is 301 g/mol.